The molecular formula is C11H17Cl2N3O. The van der Waals surface area contributed by atoms with Crippen LogP contribution in [0.3, 0.4) is 0 Å². The molecule has 1 atom stereocenters. The first kappa shape index (κ1) is 16.2. The minimum atomic E-state index is -0.0810. The van der Waals surface area contributed by atoms with Gasteiger partial charge in [0.2, 0.25) is 0 Å². The van der Waals surface area contributed by atoms with Gasteiger partial charge in [0.05, 0.1) is 0 Å². The van der Waals surface area contributed by atoms with Crippen LogP contribution >= 0.6 is 24.8 Å². The number of nitrogens with zero attached hydrogens (tertiary/aromatic N) is 1. The molecule has 2 N–H and O–H groups in total. The quantitative estimate of drug-likeness (QED) is 0.875. The van der Waals surface area contributed by atoms with Crippen LogP contribution in [0.1, 0.15) is 16.9 Å². The second kappa shape index (κ2) is 8.28. The number of nitrogens with one attached hydrogen (secondary N) is 2. The maximum absolute atomic E-state index is 11.6. The zero-order valence-electron chi connectivity index (χ0n) is 9.39. The lowest BCUT2D eigenvalue weighted by atomic mass is 10.1. The molecule has 2 heterocycles. The molecule has 4 nitrogen and oxygen atoms in total. The average molecular weight is 278 g/mol. The summed E-state index contributed by atoms with van der Waals surface area (Å²) in [6, 6.07) is 5.35. The van der Waals surface area contributed by atoms with Gasteiger partial charge in [0, 0.05) is 12.7 Å². The van der Waals surface area contributed by atoms with E-state index in [2.05, 4.69) is 15.6 Å². The molecule has 17 heavy (non-hydrogen) atoms. The minimum Gasteiger partial charge on any atom is -0.350 e. The molecule has 1 saturated heterocycles. The third-order valence-electron chi connectivity index (χ3n) is 2.61. The summed E-state index contributed by atoms with van der Waals surface area (Å²) in [4.78, 5) is 15.6. The molecule has 0 bridgehead atoms. The van der Waals surface area contributed by atoms with Crippen molar-refractivity contribution in [1.82, 2.24) is 15.6 Å². The number of halogens is 2. The zero-order valence-corrected chi connectivity index (χ0v) is 11.0. The van der Waals surface area contributed by atoms with Gasteiger partial charge in [-0.2, -0.15) is 0 Å². The summed E-state index contributed by atoms with van der Waals surface area (Å²) in [7, 11) is 0. The third kappa shape index (κ3) is 4.89. The number of hydrogen-bond acceptors (Lipinski definition) is 3. The number of carbonyl (C=O) groups is 1. The molecule has 1 fully saturated rings. The zero-order chi connectivity index (χ0) is 10.5. The van der Waals surface area contributed by atoms with Gasteiger partial charge in [-0.15, -0.1) is 24.8 Å². The second-order valence-corrected chi connectivity index (χ2v) is 3.78. The number of amides is 1. The van der Waals surface area contributed by atoms with Crippen LogP contribution in [0.4, 0.5) is 0 Å². The molecule has 1 aliphatic heterocycles. The molecule has 1 aromatic rings. The number of pyridine rings is 1. The predicted molar refractivity (Wildman–Crippen MR) is 72.0 cm³/mol. The third-order valence-corrected chi connectivity index (χ3v) is 2.61. The van der Waals surface area contributed by atoms with Crippen LogP contribution in [0.25, 0.3) is 0 Å². The average Bonchev–Trinajstić information content (AvgIpc) is 2.80. The van der Waals surface area contributed by atoms with Gasteiger partial charge in [0.25, 0.3) is 5.91 Å². The molecule has 0 saturated carbocycles. The molecule has 6 heteroatoms. The fourth-order valence-electron chi connectivity index (χ4n) is 1.71. The van der Waals surface area contributed by atoms with E-state index in [4.69, 9.17) is 0 Å². The normalized spacial score (nSPS) is 17.8. The molecule has 1 amide bonds. The smallest absolute Gasteiger partial charge is 0.269 e. The van der Waals surface area contributed by atoms with E-state index in [1.54, 1.807) is 18.3 Å². The van der Waals surface area contributed by atoms with Crippen molar-refractivity contribution in [2.45, 2.75) is 6.42 Å². The molecular weight excluding hydrogens is 261 g/mol. The van der Waals surface area contributed by atoms with Gasteiger partial charge in [0.15, 0.2) is 0 Å². The minimum absolute atomic E-state index is 0. The Morgan fingerprint density at radius 3 is 2.88 bits per heavy atom. The maximum atomic E-state index is 11.6. The van der Waals surface area contributed by atoms with Crippen LogP contribution in [0.5, 0.6) is 0 Å². The maximum Gasteiger partial charge on any atom is 0.269 e. The predicted octanol–water partition coefficient (Wildman–Crippen LogP) is 1.26. The molecule has 0 radical (unpaired) electrons. The number of hydrogen-bond donors (Lipinski definition) is 2. The number of aromatic nitrogens is 1. The molecule has 1 aliphatic rings. The van der Waals surface area contributed by atoms with Crippen molar-refractivity contribution in [3.63, 3.8) is 0 Å². The van der Waals surface area contributed by atoms with Gasteiger partial charge < -0.3 is 10.6 Å². The van der Waals surface area contributed by atoms with Crippen LogP contribution in [-0.2, 0) is 0 Å². The van der Waals surface area contributed by atoms with Crippen LogP contribution in [0.15, 0.2) is 24.4 Å². The summed E-state index contributed by atoms with van der Waals surface area (Å²) in [5, 5.41) is 6.17. The van der Waals surface area contributed by atoms with Crippen LogP contribution < -0.4 is 10.6 Å². The summed E-state index contributed by atoms with van der Waals surface area (Å²) in [6.45, 7) is 2.80. The molecule has 0 spiro atoms. The fourth-order valence-corrected chi connectivity index (χ4v) is 1.71. The Bertz CT molecular complexity index is 329. The highest BCUT2D eigenvalue weighted by Gasteiger charge is 2.15. The summed E-state index contributed by atoms with van der Waals surface area (Å²) in [5.74, 6) is 0.486. The van der Waals surface area contributed by atoms with Crippen LogP contribution in [0, 0.1) is 5.92 Å². The van der Waals surface area contributed by atoms with Crippen molar-refractivity contribution in [3.8, 4) is 0 Å². The van der Waals surface area contributed by atoms with Crippen LogP contribution in [-0.4, -0.2) is 30.5 Å². The Morgan fingerprint density at radius 2 is 2.29 bits per heavy atom. The Balaban J connectivity index is 0.00000128. The van der Waals surface area contributed by atoms with Gasteiger partial charge in [-0.3, -0.25) is 9.78 Å². The number of rotatable bonds is 3. The topological polar surface area (TPSA) is 54.0 Å². The lowest BCUT2D eigenvalue weighted by molar-refractivity contribution is 0.0943. The Hall–Kier alpha value is -0.840. The van der Waals surface area contributed by atoms with Crippen molar-refractivity contribution in [2.24, 2.45) is 5.92 Å². The van der Waals surface area contributed by atoms with Crippen molar-refractivity contribution in [3.05, 3.63) is 30.1 Å². The Kier molecular flexibility index (Phi) is 7.87. The summed E-state index contributed by atoms with van der Waals surface area (Å²) >= 11 is 0. The van der Waals surface area contributed by atoms with E-state index in [1.807, 2.05) is 6.07 Å². The highest BCUT2D eigenvalue weighted by molar-refractivity contribution is 5.92. The van der Waals surface area contributed by atoms with E-state index in [9.17, 15) is 4.79 Å². The first-order chi connectivity index (χ1) is 7.36. The van der Waals surface area contributed by atoms with E-state index >= 15 is 0 Å². The monoisotopic (exact) mass is 277 g/mol. The van der Waals surface area contributed by atoms with Crippen molar-refractivity contribution < 1.29 is 4.79 Å². The summed E-state index contributed by atoms with van der Waals surface area (Å²) in [5.41, 5.74) is 0.489. The second-order valence-electron chi connectivity index (χ2n) is 3.78. The van der Waals surface area contributed by atoms with Crippen molar-refractivity contribution in [2.75, 3.05) is 19.6 Å². The Morgan fingerprint density at radius 1 is 1.47 bits per heavy atom. The highest BCUT2D eigenvalue weighted by atomic mass is 35.5. The lowest BCUT2D eigenvalue weighted by Gasteiger charge is -2.09. The molecule has 96 valence electrons. The lowest BCUT2D eigenvalue weighted by Crippen LogP contribution is -2.30. The first-order valence-electron chi connectivity index (χ1n) is 5.26. The first-order valence-corrected chi connectivity index (χ1v) is 5.26. The molecule has 0 aliphatic carbocycles. The number of carbonyl (C=O) groups excluding carboxylic acids is 1. The van der Waals surface area contributed by atoms with E-state index in [0.29, 0.717) is 11.6 Å². The summed E-state index contributed by atoms with van der Waals surface area (Å²) < 4.78 is 0. The SMILES string of the molecule is Cl.Cl.O=C(NCC1CCNC1)c1ccccn1. The highest BCUT2D eigenvalue weighted by Crippen LogP contribution is 2.05. The molecule has 1 unspecified atom stereocenters. The van der Waals surface area contributed by atoms with E-state index in [-0.39, 0.29) is 30.7 Å². The standard InChI is InChI=1S/C11H15N3O.2ClH/c15-11(10-3-1-2-5-13-10)14-8-9-4-6-12-7-9;;/h1-3,5,9,12H,4,6-8H2,(H,14,15);2*1H. The van der Waals surface area contributed by atoms with Crippen molar-refractivity contribution in [1.29, 1.82) is 0 Å². The van der Waals surface area contributed by atoms with E-state index < -0.39 is 0 Å². The molecule has 0 aromatic carbocycles. The van der Waals surface area contributed by atoms with Crippen LogP contribution in [0.2, 0.25) is 0 Å². The van der Waals surface area contributed by atoms with Gasteiger partial charge >= 0.3 is 0 Å². The molecule has 2 rings (SSSR count). The van der Waals surface area contributed by atoms with Gasteiger partial charge in [0.1, 0.15) is 5.69 Å². The summed E-state index contributed by atoms with van der Waals surface area (Å²) in [6.07, 6.45) is 2.77. The molecule has 1 aromatic heterocycles. The van der Waals surface area contributed by atoms with Crippen molar-refractivity contribution >= 4 is 30.7 Å². The van der Waals surface area contributed by atoms with Gasteiger partial charge in [-0.05, 0) is 37.6 Å². The van der Waals surface area contributed by atoms with E-state index in [1.165, 1.54) is 0 Å². The largest absolute Gasteiger partial charge is 0.350 e. The fraction of sp³-hybridized carbons (Fsp3) is 0.455. The Labute approximate surface area is 113 Å². The van der Waals surface area contributed by atoms with Gasteiger partial charge in [-0.1, -0.05) is 6.07 Å². The van der Waals surface area contributed by atoms with E-state index in [0.717, 1.165) is 26.1 Å². The van der Waals surface area contributed by atoms with Gasteiger partial charge in [-0.25, -0.2) is 0 Å².